The van der Waals surface area contributed by atoms with Crippen molar-refractivity contribution in [3.05, 3.63) is 34.8 Å². The summed E-state index contributed by atoms with van der Waals surface area (Å²) in [4.78, 5) is 15.4. The molecule has 1 aromatic heterocycles. The Hall–Kier alpha value is -2.61. The Morgan fingerprint density at radius 3 is 3.09 bits per heavy atom. The van der Waals surface area contributed by atoms with Gasteiger partial charge in [0.2, 0.25) is 5.13 Å². The highest BCUT2D eigenvalue weighted by Crippen LogP contribution is 2.26. The van der Waals surface area contributed by atoms with Crippen molar-refractivity contribution in [1.29, 1.82) is 0 Å². The number of hydrogen-bond acceptors (Lipinski definition) is 8. The van der Waals surface area contributed by atoms with Gasteiger partial charge in [-0.05, 0) is 30.7 Å². The summed E-state index contributed by atoms with van der Waals surface area (Å²) < 4.78 is 9.89. The van der Waals surface area contributed by atoms with Gasteiger partial charge in [0, 0.05) is 5.38 Å². The maximum absolute atomic E-state index is 11.2. The van der Waals surface area contributed by atoms with Gasteiger partial charge in [0.05, 0.1) is 32.0 Å². The fourth-order valence-corrected chi connectivity index (χ4v) is 2.36. The number of carbonyl (C=O) groups excluding carboxylic acids is 1. The minimum absolute atomic E-state index is 0.0873. The van der Waals surface area contributed by atoms with Gasteiger partial charge >= 0.3 is 5.97 Å². The fourth-order valence-electron chi connectivity index (χ4n) is 1.70. The predicted molar refractivity (Wildman–Crippen MR) is 88.3 cm³/mol. The van der Waals surface area contributed by atoms with Gasteiger partial charge in [0.1, 0.15) is 0 Å². The summed E-state index contributed by atoms with van der Waals surface area (Å²) in [7, 11) is 1.34. The van der Waals surface area contributed by atoms with Crippen molar-refractivity contribution < 1.29 is 19.4 Å². The number of aromatic nitrogens is 1. The first-order valence-corrected chi connectivity index (χ1v) is 7.76. The molecule has 0 atom stereocenters. The lowest BCUT2D eigenvalue weighted by atomic mass is 10.2. The number of aromatic hydroxyl groups is 1. The summed E-state index contributed by atoms with van der Waals surface area (Å²) in [5, 5.41) is 16.0. The zero-order chi connectivity index (χ0) is 16.7. The number of phenolic OH excluding ortho intramolecular Hbond substituents is 1. The highest BCUT2D eigenvalue weighted by molar-refractivity contribution is 7.13. The summed E-state index contributed by atoms with van der Waals surface area (Å²) in [5.41, 5.74) is 4.19. The monoisotopic (exact) mass is 335 g/mol. The molecule has 0 aliphatic rings. The Labute approximate surface area is 137 Å². The summed E-state index contributed by atoms with van der Waals surface area (Å²) in [5.74, 6) is 0.160. The van der Waals surface area contributed by atoms with Crippen LogP contribution in [0.15, 0.2) is 28.7 Å². The Morgan fingerprint density at radius 2 is 2.35 bits per heavy atom. The molecule has 2 N–H and O–H groups in total. The Bertz CT molecular complexity index is 700. The molecule has 7 nitrogen and oxygen atoms in total. The van der Waals surface area contributed by atoms with E-state index in [1.807, 2.05) is 6.92 Å². The van der Waals surface area contributed by atoms with Gasteiger partial charge in [-0.15, -0.1) is 11.3 Å². The summed E-state index contributed by atoms with van der Waals surface area (Å²) in [6, 6.07) is 4.95. The van der Waals surface area contributed by atoms with Crippen LogP contribution in [0.25, 0.3) is 0 Å². The number of methoxy groups -OCH3 is 1. The van der Waals surface area contributed by atoms with Crippen molar-refractivity contribution in [2.45, 2.75) is 13.3 Å². The number of nitrogens with one attached hydrogen (secondary N) is 1. The van der Waals surface area contributed by atoms with E-state index >= 15 is 0 Å². The smallest absolute Gasteiger partial charge is 0.311 e. The first kappa shape index (κ1) is 16.8. The lowest BCUT2D eigenvalue weighted by molar-refractivity contribution is -0.139. The lowest BCUT2D eigenvalue weighted by Gasteiger charge is -2.05. The van der Waals surface area contributed by atoms with Gasteiger partial charge in [-0.2, -0.15) is 5.10 Å². The number of hydrogen-bond donors (Lipinski definition) is 2. The van der Waals surface area contributed by atoms with E-state index in [-0.39, 0.29) is 18.1 Å². The van der Waals surface area contributed by atoms with E-state index in [0.29, 0.717) is 23.2 Å². The average Bonchev–Trinajstić information content (AvgIpc) is 2.98. The number of phenols is 1. The Kier molecular flexibility index (Phi) is 5.93. The van der Waals surface area contributed by atoms with Crippen LogP contribution in [0.3, 0.4) is 0 Å². The van der Waals surface area contributed by atoms with E-state index in [0.717, 1.165) is 5.56 Å². The highest BCUT2D eigenvalue weighted by Gasteiger charge is 2.07. The van der Waals surface area contributed by atoms with Crippen LogP contribution in [0, 0.1) is 0 Å². The van der Waals surface area contributed by atoms with Crippen molar-refractivity contribution in [1.82, 2.24) is 4.98 Å². The molecular weight excluding hydrogens is 318 g/mol. The maximum Gasteiger partial charge on any atom is 0.311 e. The van der Waals surface area contributed by atoms with Crippen LogP contribution in [0.1, 0.15) is 18.2 Å². The molecule has 0 saturated heterocycles. The van der Waals surface area contributed by atoms with E-state index in [9.17, 15) is 9.90 Å². The lowest BCUT2D eigenvalue weighted by Crippen LogP contribution is -2.04. The number of anilines is 1. The first-order chi connectivity index (χ1) is 11.1. The van der Waals surface area contributed by atoms with Gasteiger partial charge < -0.3 is 14.6 Å². The van der Waals surface area contributed by atoms with Gasteiger partial charge in [-0.25, -0.2) is 4.98 Å². The van der Waals surface area contributed by atoms with Crippen LogP contribution < -0.4 is 10.2 Å². The van der Waals surface area contributed by atoms with Crippen molar-refractivity contribution in [2.75, 3.05) is 19.1 Å². The molecule has 0 amide bonds. The normalized spacial score (nSPS) is 10.7. The minimum Gasteiger partial charge on any atom is -0.504 e. The molecule has 2 rings (SSSR count). The molecule has 0 saturated carbocycles. The van der Waals surface area contributed by atoms with Crippen molar-refractivity contribution in [3.8, 4) is 11.5 Å². The standard InChI is InChI=1S/C15H17N3O4S/c1-3-22-13-6-10(4-5-12(13)19)8-16-18-15-17-11(9-23-15)7-14(20)21-2/h4-6,8-9,19H,3,7H2,1-2H3,(H,17,18)/b16-8-. The summed E-state index contributed by atoms with van der Waals surface area (Å²) >= 11 is 1.34. The van der Waals surface area contributed by atoms with Crippen LogP contribution in [-0.2, 0) is 16.0 Å². The molecule has 2 aromatic rings. The molecule has 0 fully saturated rings. The molecule has 1 aromatic carbocycles. The summed E-state index contributed by atoms with van der Waals surface area (Å²) in [6.07, 6.45) is 1.72. The van der Waals surface area contributed by atoms with Crippen LogP contribution in [0.5, 0.6) is 11.5 Å². The maximum atomic E-state index is 11.2. The summed E-state index contributed by atoms with van der Waals surface area (Å²) in [6.45, 7) is 2.31. The van der Waals surface area contributed by atoms with Crippen LogP contribution >= 0.6 is 11.3 Å². The molecule has 8 heteroatoms. The average molecular weight is 335 g/mol. The van der Waals surface area contributed by atoms with Crippen molar-refractivity contribution >= 4 is 28.7 Å². The van der Waals surface area contributed by atoms with Gasteiger partial charge in [0.15, 0.2) is 11.5 Å². The van der Waals surface area contributed by atoms with Crippen LogP contribution in [0.4, 0.5) is 5.13 Å². The molecule has 0 spiro atoms. The Morgan fingerprint density at radius 1 is 1.52 bits per heavy atom. The van der Waals surface area contributed by atoms with E-state index in [2.05, 4.69) is 20.2 Å². The quantitative estimate of drug-likeness (QED) is 0.458. The van der Waals surface area contributed by atoms with Crippen molar-refractivity contribution in [2.24, 2.45) is 5.10 Å². The number of rotatable bonds is 7. The molecule has 0 unspecified atom stereocenters. The van der Waals surface area contributed by atoms with Gasteiger partial charge in [0.25, 0.3) is 0 Å². The van der Waals surface area contributed by atoms with E-state index in [1.165, 1.54) is 18.4 Å². The zero-order valence-electron chi connectivity index (χ0n) is 12.8. The SMILES string of the molecule is CCOc1cc(/C=N\Nc2nc(CC(=O)OC)cs2)ccc1O. The number of benzene rings is 1. The second-order valence-electron chi connectivity index (χ2n) is 4.43. The van der Waals surface area contributed by atoms with E-state index in [4.69, 9.17) is 4.74 Å². The third kappa shape index (κ3) is 4.96. The molecule has 0 aliphatic carbocycles. The molecule has 0 bridgehead atoms. The molecule has 122 valence electrons. The number of ether oxygens (including phenoxy) is 2. The first-order valence-electron chi connectivity index (χ1n) is 6.88. The topological polar surface area (TPSA) is 93.0 Å². The number of hydrazone groups is 1. The minimum atomic E-state index is -0.335. The second kappa shape index (κ2) is 8.14. The molecule has 0 radical (unpaired) electrons. The molecule has 1 heterocycles. The fraction of sp³-hybridized carbons (Fsp3) is 0.267. The third-order valence-corrected chi connectivity index (χ3v) is 3.56. The Balaban J connectivity index is 1.96. The molecular formula is C15H17N3O4S. The van der Waals surface area contributed by atoms with Gasteiger partial charge in [-0.1, -0.05) is 0 Å². The van der Waals surface area contributed by atoms with Crippen LogP contribution in [0.2, 0.25) is 0 Å². The number of esters is 1. The zero-order valence-corrected chi connectivity index (χ0v) is 13.6. The molecule has 23 heavy (non-hydrogen) atoms. The van der Waals surface area contributed by atoms with E-state index < -0.39 is 0 Å². The van der Waals surface area contributed by atoms with Crippen molar-refractivity contribution in [3.63, 3.8) is 0 Å². The van der Waals surface area contributed by atoms with E-state index in [1.54, 1.807) is 29.8 Å². The second-order valence-corrected chi connectivity index (χ2v) is 5.29. The van der Waals surface area contributed by atoms with Gasteiger partial charge in [-0.3, -0.25) is 10.2 Å². The van der Waals surface area contributed by atoms with Crippen LogP contribution in [-0.4, -0.2) is 36.0 Å². The number of nitrogens with zero attached hydrogens (tertiary/aromatic N) is 2. The number of carbonyl (C=O) groups is 1. The number of thiazole rings is 1. The molecule has 0 aliphatic heterocycles. The largest absolute Gasteiger partial charge is 0.504 e. The predicted octanol–water partition coefficient (Wildman–Crippen LogP) is 2.41. The highest BCUT2D eigenvalue weighted by atomic mass is 32.1. The third-order valence-electron chi connectivity index (χ3n) is 2.76.